The van der Waals surface area contributed by atoms with Crippen LogP contribution in [0.25, 0.3) is 0 Å². The van der Waals surface area contributed by atoms with Crippen LogP contribution in [0.2, 0.25) is 5.02 Å². The smallest absolute Gasteiger partial charge is 0.408 e. The Labute approximate surface area is 231 Å². The van der Waals surface area contributed by atoms with E-state index in [4.69, 9.17) is 16.3 Å². The lowest BCUT2D eigenvalue weighted by Crippen LogP contribution is -2.41. The molecule has 0 fully saturated rings. The molecule has 0 heterocycles. The van der Waals surface area contributed by atoms with Crippen LogP contribution in [0.5, 0.6) is 0 Å². The summed E-state index contributed by atoms with van der Waals surface area (Å²) in [6, 6.07) is 25.0. The van der Waals surface area contributed by atoms with Crippen molar-refractivity contribution in [2.24, 2.45) is 5.92 Å². The zero-order chi connectivity index (χ0) is 26.8. The van der Waals surface area contributed by atoms with Gasteiger partial charge in [-0.25, -0.2) is 4.79 Å². The summed E-state index contributed by atoms with van der Waals surface area (Å²) in [5, 5.41) is 2.64. The van der Waals surface area contributed by atoms with E-state index in [1.54, 1.807) is 45.0 Å². The molecule has 1 amide bonds. The number of nitrogens with one attached hydrogen (secondary N) is 1. The third kappa shape index (κ3) is 9.58. The fraction of sp³-hybridized carbons (Fsp3) is 0.276. The van der Waals surface area contributed by atoms with Crippen LogP contribution in [-0.2, 0) is 25.8 Å². The zero-order valence-electron chi connectivity index (χ0n) is 21.0. The number of hydrogen-bond donors (Lipinski definition) is 1. The maximum Gasteiger partial charge on any atom is 0.408 e. The minimum absolute atomic E-state index is 0.328. The molecule has 0 aliphatic rings. The summed E-state index contributed by atoms with van der Waals surface area (Å²) in [4.78, 5) is 40.1. The first kappa shape index (κ1) is 28.8. The number of carbonyl (C=O) groups is 3. The number of hydrogen-bond acceptors (Lipinski definition) is 6. The molecule has 0 spiro atoms. The number of rotatable bonds is 9. The summed E-state index contributed by atoms with van der Waals surface area (Å²) < 4.78 is 5.47. The predicted molar refractivity (Wildman–Crippen MR) is 153 cm³/mol. The molecule has 0 aliphatic heterocycles. The third-order valence-electron chi connectivity index (χ3n) is 5.19. The molecule has 3 rings (SSSR count). The van der Waals surface area contributed by atoms with Gasteiger partial charge in [0.05, 0.1) is 6.04 Å². The van der Waals surface area contributed by atoms with E-state index in [2.05, 4.69) is 5.32 Å². The van der Waals surface area contributed by atoms with Crippen molar-refractivity contribution >= 4 is 51.4 Å². The normalized spacial score (nSPS) is 12.1. The van der Waals surface area contributed by atoms with Crippen LogP contribution >= 0.6 is 35.1 Å². The maximum atomic E-state index is 13.6. The summed E-state index contributed by atoms with van der Waals surface area (Å²) in [6.07, 6.45) is -0.709. The summed E-state index contributed by atoms with van der Waals surface area (Å²) in [6.45, 7) is 5.26. The van der Waals surface area contributed by atoms with E-state index >= 15 is 0 Å². The molecule has 37 heavy (non-hydrogen) atoms. The average Bonchev–Trinajstić information content (AvgIpc) is 2.86. The molecule has 0 unspecified atom stereocenters. The van der Waals surface area contributed by atoms with Gasteiger partial charge in [-0.3, -0.25) is 9.59 Å². The molecule has 194 valence electrons. The Hall–Kier alpha value is -2.74. The fourth-order valence-corrected chi connectivity index (χ4v) is 5.52. The Bertz CT molecular complexity index is 1130. The van der Waals surface area contributed by atoms with E-state index in [0.717, 1.165) is 34.7 Å². The molecular formula is C29H30ClNO4S2. The van der Waals surface area contributed by atoms with Crippen LogP contribution in [0.4, 0.5) is 4.79 Å². The van der Waals surface area contributed by atoms with Crippen molar-refractivity contribution < 1.29 is 19.1 Å². The maximum absolute atomic E-state index is 13.6. The van der Waals surface area contributed by atoms with Crippen molar-refractivity contribution in [1.29, 1.82) is 0 Å². The number of carbonyl (C=O) groups excluding carboxylic acids is 3. The van der Waals surface area contributed by atoms with Crippen molar-refractivity contribution in [3.05, 3.63) is 107 Å². The van der Waals surface area contributed by atoms with Crippen LogP contribution in [-0.4, -0.2) is 21.9 Å². The highest BCUT2D eigenvalue weighted by molar-refractivity contribution is 8.15. The molecule has 1 atom stereocenters. The molecule has 0 aliphatic carbocycles. The molecule has 1 N–H and O–H groups in total. The quantitative estimate of drug-likeness (QED) is 0.277. The molecule has 3 aromatic carbocycles. The largest absolute Gasteiger partial charge is 0.444 e. The molecule has 3 aromatic rings. The lowest BCUT2D eigenvalue weighted by Gasteiger charge is -2.28. The molecule has 0 bridgehead atoms. The van der Waals surface area contributed by atoms with E-state index in [-0.39, 0.29) is 10.2 Å². The third-order valence-corrected chi connectivity index (χ3v) is 7.47. The summed E-state index contributed by atoms with van der Waals surface area (Å²) in [7, 11) is 0. The van der Waals surface area contributed by atoms with E-state index < -0.39 is 23.7 Å². The highest BCUT2D eigenvalue weighted by atomic mass is 35.5. The average molecular weight is 556 g/mol. The van der Waals surface area contributed by atoms with Gasteiger partial charge in [-0.15, -0.1) is 0 Å². The van der Waals surface area contributed by atoms with Gasteiger partial charge in [-0.05, 0) is 49.6 Å². The molecular weight excluding hydrogens is 526 g/mol. The van der Waals surface area contributed by atoms with Gasteiger partial charge in [-0.1, -0.05) is 108 Å². The van der Waals surface area contributed by atoms with Crippen LogP contribution in [0.15, 0.2) is 84.9 Å². The minimum atomic E-state index is -1.14. The van der Waals surface area contributed by atoms with Gasteiger partial charge >= 0.3 is 6.09 Å². The van der Waals surface area contributed by atoms with E-state index in [1.807, 2.05) is 60.7 Å². The van der Waals surface area contributed by atoms with E-state index in [1.165, 1.54) is 0 Å². The summed E-state index contributed by atoms with van der Waals surface area (Å²) in [5.41, 5.74) is 1.77. The molecule has 8 heteroatoms. The standard InChI is InChI=1S/C29H30ClNO4S2/c1-29(2,3)35-28(34)31-25(22-14-16-23(30)17-15-22)24(26(32)36-18-20-10-6-4-7-11-20)27(33)37-19-21-12-8-5-9-13-21/h4-17,24-25H,18-19H2,1-3H3,(H,31,34)/t25-/m0/s1. The Balaban J connectivity index is 1.91. The van der Waals surface area contributed by atoms with Gasteiger partial charge in [0.25, 0.3) is 0 Å². The number of ether oxygens (including phenoxy) is 1. The van der Waals surface area contributed by atoms with Gasteiger partial charge < -0.3 is 10.1 Å². The summed E-state index contributed by atoms with van der Waals surface area (Å²) >= 11 is 8.22. The highest BCUT2D eigenvalue weighted by Gasteiger charge is 2.38. The first-order chi connectivity index (χ1) is 17.6. The Morgan fingerprint density at radius 1 is 0.784 bits per heavy atom. The molecule has 0 aromatic heterocycles. The Morgan fingerprint density at radius 3 is 1.68 bits per heavy atom. The van der Waals surface area contributed by atoms with Crippen LogP contribution in [0, 0.1) is 5.92 Å². The SMILES string of the molecule is CC(C)(C)OC(=O)N[C@@H](c1ccc(Cl)cc1)C(C(=O)SCc1ccccc1)C(=O)SCc1ccccc1. The number of amides is 1. The topological polar surface area (TPSA) is 72.5 Å². The first-order valence-corrected chi connectivity index (χ1v) is 14.1. The molecule has 0 saturated carbocycles. The van der Waals surface area contributed by atoms with Crippen molar-refractivity contribution in [2.75, 3.05) is 0 Å². The first-order valence-electron chi connectivity index (χ1n) is 11.8. The monoisotopic (exact) mass is 555 g/mol. The van der Waals surface area contributed by atoms with Gasteiger partial charge in [0.15, 0.2) is 0 Å². The van der Waals surface area contributed by atoms with Crippen molar-refractivity contribution in [3.8, 4) is 0 Å². The van der Waals surface area contributed by atoms with Crippen molar-refractivity contribution in [3.63, 3.8) is 0 Å². The Kier molecular flexibility index (Phi) is 10.7. The molecule has 0 radical (unpaired) electrons. The van der Waals surface area contributed by atoms with Crippen LogP contribution < -0.4 is 5.32 Å². The highest BCUT2D eigenvalue weighted by Crippen LogP contribution is 2.34. The van der Waals surface area contributed by atoms with Gasteiger partial charge in [0.1, 0.15) is 11.5 Å². The second kappa shape index (κ2) is 13.7. The van der Waals surface area contributed by atoms with Crippen molar-refractivity contribution in [2.45, 2.75) is 43.9 Å². The number of thioether (sulfide) groups is 2. The summed E-state index contributed by atoms with van der Waals surface area (Å²) in [5.74, 6) is -0.324. The molecule has 0 saturated heterocycles. The number of alkyl carbamates (subject to hydrolysis) is 1. The lowest BCUT2D eigenvalue weighted by atomic mass is 9.95. The fourth-order valence-electron chi connectivity index (χ4n) is 3.47. The predicted octanol–water partition coefficient (Wildman–Crippen LogP) is 7.44. The van der Waals surface area contributed by atoms with Gasteiger partial charge in [0.2, 0.25) is 10.2 Å². The second-order valence-corrected chi connectivity index (χ2v) is 11.7. The minimum Gasteiger partial charge on any atom is -0.444 e. The number of halogens is 1. The number of benzene rings is 3. The lowest BCUT2D eigenvalue weighted by molar-refractivity contribution is -0.124. The van der Waals surface area contributed by atoms with Crippen LogP contribution in [0.1, 0.15) is 43.5 Å². The van der Waals surface area contributed by atoms with E-state index in [0.29, 0.717) is 22.1 Å². The molecule has 5 nitrogen and oxygen atoms in total. The second-order valence-electron chi connectivity index (χ2n) is 9.34. The van der Waals surface area contributed by atoms with Crippen LogP contribution in [0.3, 0.4) is 0 Å². The van der Waals surface area contributed by atoms with Gasteiger partial charge in [-0.2, -0.15) is 0 Å². The van der Waals surface area contributed by atoms with Gasteiger partial charge in [0, 0.05) is 16.5 Å². The zero-order valence-corrected chi connectivity index (χ0v) is 23.4. The van der Waals surface area contributed by atoms with Crippen molar-refractivity contribution in [1.82, 2.24) is 5.32 Å². The van der Waals surface area contributed by atoms with E-state index in [9.17, 15) is 14.4 Å². The Morgan fingerprint density at radius 2 is 1.24 bits per heavy atom.